The van der Waals surface area contributed by atoms with Crippen LogP contribution in [-0.4, -0.2) is 94.1 Å². The molecule has 1 saturated carbocycles. The second kappa shape index (κ2) is 13.2. The van der Waals surface area contributed by atoms with Crippen LogP contribution in [-0.2, 0) is 6.54 Å². The van der Waals surface area contributed by atoms with Gasteiger partial charge in [0, 0.05) is 64.2 Å². The lowest BCUT2D eigenvalue weighted by Crippen LogP contribution is -2.46. The zero-order chi connectivity index (χ0) is 25.3. The van der Waals surface area contributed by atoms with Gasteiger partial charge < -0.3 is 15.7 Å². The van der Waals surface area contributed by atoms with Gasteiger partial charge in [-0.15, -0.1) is 0 Å². The van der Waals surface area contributed by atoms with Crippen LogP contribution in [0.25, 0.3) is 11.3 Å². The van der Waals surface area contributed by atoms with Crippen molar-refractivity contribution in [2.24, 2.45) is 0 Å². The van der Waals surface area contributed by atoms with E-state index in [1.807, 2.05) is 19.2 Å². The van der Waals surface area contributed by atoms with Crippen LogP contribution in [0.2, 0.25) is 0 Å². The minimum Gasteiger partial charge on any atom is -0.393 e. The smallest absolute Gasteiger partial charge is 0.224 e. The van der Waals surface area contributed by atoms with Gasteiger partial charge in [-0.05, 0) is 43.7 Å². The van der Waals surface area contributed by atoms with Crippen molar-refractivity contribution in [1.29, 1.82) is 0 Å². The highest BCUT2D eigenvalue weighted by atomic mass is 19.1. The molecule has 1 atom stereocenters. The molecule has 4 rings (SSSR count). The number of aliphatic hydroxyl groups is 1. The van der Waals surface area contributed by atoms with Gasteiger partial charge >= 0.3 is 0 Å². The standard InChI is InChI=1S/C26H39F2N7O/c1-2-20(28)16-30-26-31-17-23(25(33-26)32-21-4-6-22(36)7-5-21)24-8-3-19(15-29-24)18-35-13-11-34(10-9-27)12-14-35/h3,8,15,17,20-22,36H,2,4-7,9-14,16,18H2,1H3,(H2,30,31,32,33)/t20-,21-,22-/m0/s1. The number of hydrogen-bond acceptors (Lipinski definition) is 8. The summed E-state index contributed by atoms with van der Waals surface area (Å²) in [5, 5.41) is 16.4. The van der Waals surface area contributed by atoms with Crippen LogP contribution in [0.1, 0.15) is 44.6 Å². The fraction of sp³-hybridized carbons (Fsp3) is 0.654. The van der Waals surface area contributed by atoms with Gasteiger partial charge in [0.05, 0.1) is 17.4 Å². The first kappa shape index (κ1) is 26.6. The minimum absolute atomic E-state index is 0.167. The van der Waals surface area contributed by atoms with Crippen molar-refractivity contribution in [2.75, 3.05) is 56.6 Å². The first-order chi connectivity index (χ1) is 17.5. The quantitative estimate of drug-likeness (QED) is 0.429. The van der Waals surface area contributed by atoms with Gasteiger partial charge in [0.15, 0.2) is 0 Å². The average Bonchev–Trinajstić information content (AvgIpc) is 2.90. The van der Waals surface area contributed by atoms with Crippen LogP contribution in [0.15, 0.2) is 24.5 Å². The first-order valence-corrected chi connectivity index (χ1v) is 13.2. The molecular formula is C26H39F2N7O. The number of piperazine rings is 1. The van der Waals surface area contributed by atoms with E-state index in [1.54, 1.807) is 6.20 Å². The molecule has 0 radical (unpaired) electrons. The van der Waals surface area contributed by atoms with Gasteiger partial charge in [-0.3, -0.25) is 14.8 Å². The summed E-state index contributed by atoms with van der Waals surface area (Å²) in [4.78, 5) is 18.3. The molecule has 198 valence electrons. The van der Waals surface area contributed by atoms with Crippen molar-refractivity contribution in [3.05, 3.63) is 30.1 Å². The Kier molecular flexibility index (Phi) is 9.77. The zero-order valence-electron chi connectivity index (χ0n) is 21.2. The van der Waals surface area contributed by atoms with Crippen LogP contribution < -0.4 is 10.6 Å². The number of rotatable bonds is 11. The zero-order valence-corrected chi connectivity index (χ0v) is 21.2. The van der Waals surface area contributed by atoms with Crippen LogP contribution in [0.3, 0.4) is 0 Å². The molecule has 8 nitrogen and oxygen atoms in total. The van der Waals surface area contributed by atoms with Crippen LogP contribution in [0, 0.1) is 0 Å². The maximum Gasteiger partial charge on any atom is 0.224 e. The van der Waals surface area contributed by atoms with Gasteiger partial charge in [-0.2, -0.15) is 4.98 Å². The number of alkyl halides is 2. The fourth-order valence-electron chi connectivity index (χ4n) is 4.75. The molecule has 0 amide bonds. The highest BCUT2D eigenvalue weighted by Crippen LogP contribution is 2.29. The number of nitrogens with zero attached hydrogens (tertiary/aromatic N) is 5. The number of halogens is 2. The number of anilines is 2. The molecule has 1 aliphatic carbocycles. The second-order valence-electron chi connectivity index (χ2n) is 9.85. The van der Waals surface area contributed by atoms with E-state index in [2.05, 4.69) is 36.5 Å². The number of nitrogens with one attached hydrogen (secondary N) is 2. The van der Waals surface area contributed by atoms with Crippen molar-refractivity contribution >= 4 is 11.8 Å². The Morgan fingerprint density at radius 1 is 1.06 bits per heavy atom. The molecule has 10 heteroatoms. The van der Waals surface area contributed by atoms with Crippen LogP contribution in [0.5, 0.6) is 0 Å². The Morgan fingerprint density at radius 3 is 2.47 bits per heavy atom. The van der Waals surface area contributed by atoms with Crippen molar-refractivity contribution < 1.29 is 13.9 Å². The topological polar surface area (TPSA) is 89.4 Å². The maximum atomic E-state index is 13.7. The van der Waals surface area contributed by atoms with E-state index >= 15 is 0 Å². The van der Waals surface area contributed by atoms with E-state index < -0.39 is 6.17 Å². The molecule has 2 aromatic heterocycles. The maximum absolute atomic E-state index is 13.7. The van der Waals surface area contributed by atoms with Gasteiger partial charge in [-0.1, -0.05) is 13.0 Å². The summed E-state index contributed by atoms with van der Waals surface area (Å²) in [6, 6.07) is 4.28. The molecule has 0 unspecified atom stereocenters. The molecular weight excluding hydrogens is 464 g/mol. The van der Waals surface area contributed by atoms with Crippen molar-refractivity contribution in [3.63, 3.8) is 0 Å². The third-order valence-electron chi connectivity index (χ3n) is 7.12. The molecule has 0 bridgehead atoms. The van der Waals surface area contributed by atoms with Crippen LogP contribution >= 0.6 is 0 Å². The highest BCUT2D eigenvalue weighted by Gasteiger charge is 2.22. The SMILES string of the molecule is CC[C@H](F)CNc1ncc(-c2ccc(CN3CCN(CCF)CC3)cn2)c(N[C@H]2CC[C@H](O)CC2)n1. The first-order valence-electron chi connectivity index (χ1n) is 13.2. The summed E-state index contributed by atoms with van der Waals surface area (Å²) >= 11 is 0. The second-order valence-corrected chi connectivity index (χ2v) is 9.85. The summed E-state index contributed by atoms with van der Waals surface area (Å²) in [5.41, 5.74) is 2.69. The lowest BCUT2D eigenvalue weighted by Gasteiger charge is -2.34. The Hall–Kier alpha value is -2.43. The van der Waals surface area contributed by atoms with E-state index in [-0.39, 0.29) is 25.4 Å². The van der Waals surface area contributed by atoms with Gasteiger partial charge in [0.25, 0.3) is 0 Å². The molecule has 36 heavy (non-hydrogen) atoms. The van der Waals surface area contributed by atoms with E-state index in [1.165, 1.54) is 0 Å². The average molecular weight is 504 g/mol. The van der Waals surface area contributed by atoms with Gasteiger partial charge in [-0.25, -0.2) is 13.8 Å². The molecule has 0 spiro atoms. The molecule has 2 aromatic rings. The number of pyridine rings is 1. The summed E-state index contributed by atoms with van der Waals surface area (Å²) in [5.74, 6) is 1.06. The predicted octanol–water partition coefficient (Wildman–Crippen LogP) is 3.50. The normalized spacial score (nSPS) is 22.3. The van der Waals surface area contributed by atoms with Gasteiger partial charge in [0.1, 0.15) is 18.7 Å². The van der Waals surface area contributed by atoms with Crippen LogP contribution in [0.4, 0.5) is 20.5 Å². The predicted molar refractivity (Wildman–Crippen MR) is 139 cm³/mol. The number of hydrogen-bond donors (Lipinski definition) is 3. The Morgan fingerprint density at radius 2 is 1.81 bits per heavy atom. The Balaban J connectivity index is 1.45. The summed E-state index contributed by atoms with van der Waals surface area (Å²) in [7, 11) is 0. The van der Waals surface area contributed by atoms with Crippen molar-refractivity contribution in [2.45, 2.75) is 63.9 Å². The lowest BCUT2D eigenvalue weighted by molar-refractivity contribution is 0.121. The number of aromatic nitrogens is 3. The molecule has 2 aliphatic rings. The third kappa shape index (κ3) is 7.54. The highest BCUT2D eigenvalue weighted by molar-refractivity contribution is 5.73. The Labute approximate surface area is 212 Å². The fourth-order valence-corrected chi connectivity index (χ4v) is 4.75. The number of aliphatic hydroxyl groups excluding tert-OH is 1. The van der Waals surface area contributed by atoms with Crippen molar-refractivity contribution in [3.8, 4) is 11.3 Å². The molecule has 1 saturated heterocycles. The molecule has 1 aliphatic heterocycles. The molecule has 3 heterocycles. The van der Waals surface area contributed by atoms with Gasteiger partial charge in [0.2, 0.25) is 5.95 Å². The van der Waals surface area contributed by atoms with E-state index in [9.17, 15) is 13.9 Å². The molecule has 3 N–H and O–H groups in total. The summed E-state index contributed by atoms with van der Waals surface area (Å²) < 4.78 is 26.3. The summed E-state index contributed by atoms with van der Waals surface area (Å²) in [6.45, 7) is 6.64. The van der Waals surface area contributed by atoms with Crippen molar-refractivity contribution in [1.82, 2.24) is 24.8 Å². The van der Waals surface area contributed by atoms with E-state index in [0.29, 0.717) is 24.7 Å². The van der Waals surface area contributed by atoms with E-state index in [4.69, 9.17) is 4.98 Å². The third-order valence-corrected chi connectivity index (χ3v) is 7.12. The molecule has 0 aromatic carbocycles. The lowest BCUT2D eigenvalue weighted by atomic mass is 9.93. The molecule has 2 fully saturated rings. The van der Waals surface area contributed by atoms with E-state index in [0.717, 1.165) is 75.2 Å². The Bertz CT molecular complexity index is 932. The largest absolute Gasteiger partial charge is 0.393 e. The minimum atomic E-state index is -0.953. The summed E-state index contributed by atoms with van der Waals surface area (Å²) in [6.07, 6.45) is 6.13. The monoisotopic (exact) mass is 503 g/mol.